The van der Waals surface area contributed by atoms with Gasteiger partial charge in [-0.1, -0.05) is 94.9 Å². The van der Waals surface area contributed by atoms with Crippen molar-refractivity contribution in [3.8, 4) is 0 Å². The number of hydrogen-bond acceptors (Lipinski definition) is 10. The van der Waals surface area contributed by atoms with E-state index in [1.165, 1.54) is 167 Å². The van der Waals surface area contributed by atoms with E-state index in [4.69, 9.17) is 23.7 Å². The lowest BCUT2D eigenvalue weighted by atomic mass is 9.46. The fourth-order valence-corrected chi connectivity index (χ4v) is 35.3. The van der Waals surface area contributed by atoms with Gasteiger partial charge in [0.15, 0.2) is 0 Å². The summed E-state index contributed by atoms with van der Waals surface area (Å²) in [7, 11) is 0. The molecule has 10 nitrogen and oxygen atoms in total. The van der Waals surface area contributed by atoms with E-state index >= 15 is 0 Å². The van der Waals surface area contributed by atoms with Gasteiger partial charge in [-0.15, -0.1) is 0 Å². The Morgan fingerprint density at radius 2 is 0.705 bits per heavy atom. The third kappa shape index (κ3) is 14.4. The lowest BCUT2D eigenvalue weighted by Gasteiger charge is -2.61. The fraction of sp³-hybridized carbons (Fsp3) is 0.951. The molecule has 0 saturated heterocycles. The van der Waals surface area contributed by atoms with Crippen molar-refractivity contribution in [1.29, 1.82) is 0 Å². The first kappa shape index (κ1) is 81.7. The molecule has 31 unspecified atom stereocenters. The second kappa shape index (κ2) is 30.2. The van der Waals surface area contributed by atoms with E-state index < -0.39 is 0 Å². The van der Waals surface area contributed by atoms with Crippen LogP contribution in [0.3, 0.4) is 0 Å². The van der Waals surface area contributed by atoms with Crippen molar-refractivity contribution >= 4 is 29.8 Å². The molecule has 112 heavy (non-hydrogen) atoms. The average molecular weight is 1550 g/mol. The standard InChI is InChI=1S/C26H38O2.C23H36O2.C22H36O2.C17H28O2.C14H24O2/c1-12-13(2)20-11-19(12)23-16-9-21(24(20)23)22(10-16)25(27)28-26(3)17-5-14-4-15(7-17)8-18(26)6-14;1-13-14(2)19-8-18(13)9-20(19)21(24)25-22(3,4)23-10-15-5-16(11-23)7-17(6-15)12-23;1-13-10-18-17-11-15(20(18)14(13)2)12-19(17)21(23)24-22(3,4)16-8-6-5-7-9-16;1-11-12(2)14-9-13(11)10-15(14)16(18)19-17(3)7-5-4-6-8-17;1-8-9(2)11-6-10(8)7-12(11)13(15)16-14(3,4)5/h12-24H,4-11H2,1-3H3;13-20H,5-12H2,1-4H3;13-20H,5-12H2,1-4H3;11-15H,4-10H2,1-3H3;8-12H,6-7H2,1-5H3. The van der Waals surface area contributed by atoms with Crippen LogP contribution in [0.1, 0.15) is 343 Å². The summed E-state index contributed by atoms with van der Waals surface area (Å²) in [6.07, 6.45) is 42.1. The van der Waals surface area contributed by atoms with E-state index in [-0.39, 0.29) is 92.9 Å². The molecule has 31 atom stereocenters. The first-order valence-corrected chi connectivity index (χ1v) is 49.0. The van der Waals surface area contributed by atoms with Crippen LogP contribution in [0.25, 0.3) is 0 Å². The molecule has 23 fully saturated rings. The summed E-state index contributed by atoms with van der Waals surface area (Å²) in [6, 6.07) is 0. The van der Waals surface area contributed by atoms with Crippen molar-refractivity contribution in [2.45, 2.75) is 371 Å². The van der Waals surface area contributed by atoms with E-state index in [9.17, 15) is 24.0 Å². The maximum absolute atomic E-state index is 13.6. The molecule has 0 N–H and O–H groups in total. The van der Waals surface area contributed by atoms with Gasteiger partial charge in [-0.05, 0) is 450 Å². The van der Waals surface area contributed by atoms with Gasteiger partial charge in [-0.2, -0.15) is 0 Å². The summed E-state index contributed by atoms with van der Waals surface area (Å²) in [6.45, 7) is 43.1. The third-order valence-electron chi connectivity index (χ3n) is 41.8. The van der Waals surface area contributed by atoms with Crippen molar-refractivity contribution in [3.63, 3.8) is 0 Å². The molecule has 630 valence electrons. The highest BCUT2D eigenvalue weighted by atomic mass is 16.6. The molecular weight excluding hydrogens is 1390 g/mol. The van der Waals surface area contributed by atoms with Crippen molar-refractivity contribution in [2.24, 2.45) is 236 Å². The van der Waals surface area contributed by atoms with Crippen molar-refractivity contribution in [2.75, 3.05) is 0 Å². The summed E-state index contributed by atoms with van der Waals surface area (Å²) in [5.41, 5.74) is -0.915. The molecule has 0 aromatic heterocycles. The Kier molecular flexibility index (Phi) is 22.0. The number of ether oxygens (including phenoxy) is 5. The zero-order valence-electron chi connectivity index (χ0n) is 74.4. The molecule has 0 heterocycles. The topological polar surface area (TPSA) is 132 Å². The van der Waals surface area contributed by atoms with E-state index in [1.807, 2.05) is 20.8 Å². The van der Waals surface area contributed by atoms with Gasteiger partial charge in [0.1, 0.15) is 28.0 Å². The number of carbonyl (C=O) groups is 5. The van der Waals surface area contributed by atoms with Crippen LogP contribution in [0, 0.1) is 236 Å². The first-order chi connectivity index (χ1) is 52.9. The monoisotopic (exact) mass is 1550 g/mol. The molecule has 0 spiro atoms. The summed E-state index contributed by atoms with van der Waals surface area (Å²) in [5.74, 6) is 28.6. The van der Waals surface area contributed by atoms with Gasteiger partial charge in [0.25, 0.3) is 0 Å². The first-order valence-electron chi connectivity index (χ1n) is 49.0. The molecule has 23 saturated carbocycles. The Morgan fingerprint density at radius 1 is 0.312 bits per heavy atom. The maximum atomic E-state index is 13.6. The summed E-state index contributed by atoms with van der Waals surface area (Å²) < 4.78 is 30.6. The highest BCUT2D eigenvalue weighted by Crippen LogP contribution is 2.73. The van der Waals surface area contributed by atoms with Crippen LogP contribution in [0.4, 0.5) is 0 Å². The zero-order valence-corrected chi connectivity index (χ0v) is 74.4. The van der Waals surface area contributed by atoms with Crippen LogP contribution in [-0.4, -0.2) is 57.9 Å². The minimum Gasteiger partial charge on any atom is -0.460 e. The molecular formula is C102H162O10. The molecule has 23 aliphatic carbocycles. The Bertz CT molecular complexity index is 3360. The molecule has 0 radical (unpaired) electrons. The molecule has 23 rings (SSSR count). The number of fused-ring (bicyclic) bond motifs is 20. The molecule has 0 aliphatic heterocycles. The highest BCUT2D eigenvalue weighted by Gasteiger charge is 2.69. The minimum absolute atomic E-state index is 0.0405. The van der Waals surface area contributed by atoms with Crippen molar-refractivity contribution in [3.05, 3.63) is 0 Å². The second-order valence-electron chi connectivity index (χ2n) is 48.8. The van der Waals surface area contributed by atoms with E-state index in [0.29, 0.717) is 65.1 Å². The van der Waals surface area contributed by atoms with E-state index in [0.717, 1.165) is 181 Å². The van der Waals surface area contributed by atoms with Gasteiger partial charge in [-0.25, -0.2) is 0 Å². The largest absolute Gasteiger partial charge is 0.460 e. The fourth-order valence-electron chi connectivity index (χ4n) is 35.3. The van der Waals surface area contributed by atoms with Crippen LogP contribution >= 0.6 is 0 Å². The molecule has 0 aromatic rings. The SMILES string of the molecule is CC1C(C)C2CC1C1C3CC(C(=O)OC4(C)C5CC6CC(C5)CC4C6)C(C3)C21.CC1C2CC(C(=O)OC(C)(C)C)C(C2)C1C.CC1C2CC(C(=O)OC(C)(C)C34CC5CC(CC(C5)C3)C4)C(C2)C1C.CC1C2CC(C(=O)OC3(C)CCCCC3)C(C2)C1C.CC1CC2C3CC(CC3C(=O)OC(C)(C)C3CCCCC3)C2C1C. The summed E-state index contributed by atoms with van der Waals surface area (Å²) in [4.78, 5) is 64.4. The van der Waals surface area contributed by atoms with Gasteiger partial charge in [0.2, 0.25) is 0 Å². The quantitative estimate of drug-likeness (QED) is 0.112. The van der Waals surface area contributed by atoms with Crippen LogP contribution in [0.5, 0.6) is 0 Å². The van der Waals surface area contributed by atoms with E-state index in [1.54, 1.807) is 0 Å². The smallest absolute Gasteiger partial charge is 0.309 e. The lowest BCUT2D eigenvalue weighted by Crippen LogP contribution is -2.58. The number of rotatable bonds is 11. The molecule has 23 aliphatic rings. The normalized spacial score (nSPS) is 51.5. The minimum atomic E-state index is -0.340. The Morgan fingerprint density at radius 3 is 1.20 bits per heavy atom. The molecule has 10 heteroatoms. The summed E-state index contributed by atoms with van der Waals surface area (Å²) in [5, 5.41) is 0. The number of hydrogen-bond donors (Lipinski definition) is 0. The number of esters is 5. The van der Waals surface area contributed by atoms with Crippen LogP contribution < -0.4 is 0 Å². The Labute approximate surface area is 681 Å². The van der Waals surface area contributed by atoms with Crippen molar-refractivity contribution < 1.29 is 47.7 Å². The molecule has 0 aromatic carbocycles. The van der Waals surface area contributed by atoms with Gasteiger partial charge < -0.3 is 23.7 Å². The Balaban J connectivity index is 0.000000103. The predicted octanol–water partition coefficient (Wildman–Crippen LogP) is 23.9. The van der Waals surface area contributed by atoms with Crippen molar-refractivity contribution in [1.82, 2.24) is 0 Å². The van der Waals surface area contributed by atoms with Gasteiger partial charge in [0.05, 0.1) is 29.6 Å². The lowest BCUT2D eigenvalue weighted by molar-refractivity contribution is -0.209. The van der Waals surface area contributed by atoms with Gasteiger partial charge in [-0.3, -0.25) is 24.0 Å². The summed E-state index contributed by atoms with van der Waals surface area (Å²) >= 11 is 0. The van der Waals surface area contributed by atoms with Crippen LogP contribution in [0.15, 0.2) is 0 Å². The highest BCUT2D eigenvalue weighted by molar-refractivity contribution is 5.76. The Hall–Kier alpha value is -2.65. The molecule has 20 bridgehead atoms. The van der Waals surface area contributed by atoms with Crippen LogP contribution in [-0.2, 0) is 47.7 Å². The van der Waals surface area contributed by atoms with Gasteiger partial charge >= 0.3 is 29.8 Å². The predicted molar refractivity (Wildman–Crippen MR) is 443 cm³/mol. The molecule has 0 amide bonds. The second-order valence-corrected chi connectivity index (χ2v) is 48.8. The maximum Gasteiger partial charge on any atom is 0.309 e. The van der Waals surface area contributed by atoms with Crippen LogP contribution in [0.2, 0.25) is 0 Å². The average Bonchev–Trinajstić information content (AvgIpc) is 1.56. The van der Waals surface area contributed by atoms with Gasteiger partial charge in [0, 0.05) is 5.41 Å². The third-order valence-corrected chi connectivity index (χ3v) is 41.8. The zero-order chi connectivity index (χ0) is 79.3. The number of carbonyl (C=O) groups excluding carboxylic acids is 5. The van der Waals surface area contributed by atoms with E-state index in [2.05, 4.69) is 111 Å².